The van der Waals surface area contributed by atoms with Crippen LogP contribution in [0.5, 0.6) is 0 Å². The highest BCUT2D eigenvalue weighted by atomic mass is 16.7. The van der Waals surface area contributed by atoms with Crippen LogP contribution in [0, 0.1) is 0 Å². The third kappa shape index (κ3) is 6.81. The summed E-state index contributed by atoms with van der Waals surface area (Å²) in [7, 11) is 0. The monoisotopic (exact) mass is 467 g/mol. The third-order valence-corrected chi connectivity index (χ3v) is 4.61. The molecule has 1 aliphatic carbocycles. The molecule has 1 fully saturated rings. The van der Waals surface area contributed by atoms with E-state index in [1.807, 2.05) is 0 Å². The molecule has 0 aromatic carbocycles. The van der Waals surface area contributed by atoms with E-state index in [4.69, 9.17) is 29.4 Å². The summed E-state index contributed by atoms with van der Waals surface area (Å²) in [5, 5.41) is 0. The molecule has 0 spiro atoms. The van der Waals surface area contributed by atoms with Crippen molar-refractivity contribution in [2.75, 3.05) is 18.9 Å². The predicted molar refractivity (Wildman–Crippen MR) is 115 cm³/mol. The number of ether oxygens (including phenoxy) is 5. The fourth-order valence-electron chi connectivity index (χ4n) is 3.09. The molecule has 0 radical (unpaired) electrons. The Morgan fingerprint density at radius 1 is 1.12 bits per heavy atom. The number of hydrogen-bond acceptors (Lipinski definition) is 11. The smallest absolute Gasteiger partial charge is 0.432 e. The average Bonchev–Trinajstić information content (AvgIpc) is 3.34. The van der Waals surface area contributed by atoms with E-state index in [2.05, 4.69) is 15.0 Å². The number of nitrogens with two attached hydrogens (primary N) is 1. The molecule has 33 heavy (non-hydrogen) atoms. The van der Waals surface area contributed by atoms with Crippen LogP contribution in [0.2, 0.25) is 0 Å². The number of rotatable bonds is 10. The van der Waals surface area contributed by atoms with Gasteiger partial charge in [0.25, 0.3) is 5.56 Å². The zero-order valence-electron chi connectivity index (χ0n) is 19.0. The van der Waals surface area contributed by atoms with Crippen LogP contribution in [0.1, 0.15) is 40.5 Å². The van der Waals surface area contributed by atoms with Crippen LogP contribution in [0.15, 0.2) is 11.1 Å². The summed E-state index contributed by atoms with van der Waals surface area (Å²) in [5.74, 6) is -0.0213. The van der Waals surface area contributed by atoms with E-state index in [0.29, 0.717) is 25.0 Å². The number of nitrogens with one attached hydrogen (secondary N) is 1. The molecular weight excluding hydrogens is 438 g/mol. The Bertz CT molecular complexity index is 1020. The molecule has 13 heteroatoms. The van der Waals surface area contributed by atoms with Crippen molar-refractivity contribution in [1.29, 1.82) is 0 Å². The Labute approximate surface area is 189 Å². The highest BCUT2D eigenvalue weighted by Crippen LogP contribution is 2.42. The highest BCUT2D eigenvalue weighted by molar-refractivity contribution is 5.70. The molecule has 2 heterocycles. The normalized spacial score (nSPS) is 14.6. The molecule has 0 bridgehead atoms. The Morgan fingerprint density at radius 2 is 1.70 bits per heavy atom. The van der Waals surface area contributed by atoms with E-state index in [1.165, 1.54) is 6.33 Å². The van der Waals surface area contributed by atoms with E-state index in [1.54, 1.807) is 32.3 Å². The Kier molecular flexibility index (Phi) is 7.41. The van der Waals surface area contributed by atoms with Gasteiger partial charge in [-0.2, -0.15) is 4.98 Å². The van der Waals surface area contributed by atoms with Crippen molar-refractivity contribution >= 4 is 29.4 Å². The first-order chi connectivity index (χ1) is 15.6. The number of imidazole rings is 1. The summed E-state index contributed by atoms with van der Waals surface area (Å²) in [5.41, 5.74) is 5.07. The molecule has 3 rings (SSSR count). The number of anilines is 1. The predicted octanol–water partition coefficient (Wildman–Crippen LogP) is 1.74. The average molecular weight is 467 g/mol. The number of aromatic amines is 1. The standard InChI is InChI=1S/C20H29N5O8/c1-11(2)31-18(27)29-7-13(8-30-19(28)32-12(3)4)33-20(5-6-20)9-25-10-22-14-15(25)23-17(21)24-16(14)26/h10-13H,5-9H2,1-4H3,(H3,21,23,24,26). The minimum Gasteiger partial charge on any atom is -0.432 e. The van der Waals surface area contributed by atoms with Crippen molar-refractivity contribution in [3.05, 3.63) is 16.7 Å². The van der Waals surface area contributed by atoms with Gasteiger partial charge < -0.3 is 34.0 Å². The maximum Gasteiger partial charge on any atom is 0.508 e. The fraction of sp³-hybridized carbons (Fsp3) is 0.650. The topological polar surface area (TPSA) is 170 Å². The lowest BCUT2D eigenvalue weighted by atomic mass is 10.3. The van der Waals surface area contributed by atoms with E-state index in [9.17, 15) is 14.4 Å². The Hall–Kier alpha value is -3.35. The maximum atomic E-state index is 12.0. The zero-order chi connectivity index (χ0) is 24.2. The second kappa shape index (κ2) is 10.1. The van der Waals surface area contributed by atoms with Crippen molar-refractivity contribution < 1.29 is 33.3 Å². The van der Waals surface area contributed by atoms with E-state index in [0.717, 1.165) is 0 Å². The lowest BCUT2D eigenvalue weighted by Crippen LogP contribution is -2.36. The van der Waals surface area contributed by atoms with Gasteiger partial charge in [-0.05, 0) is 40.5 Å². The van der Waals surface area contributed by atoms with Gasteiger partial charge in [-0.25, -0.2) is 14.6 Å². The number of carbonyl (C=O) groups is 2. The summed E-state index contributed by atoms with van der Waals surface area (Å²) in [6, 6.07) is 0. The van der Waals surface area contributed by atoms with Gasteiger partial charge in [0.15, 0.2) is 11.2 Å². The number of carbonyl (C=O) groups excluding carboxylic acids is 2. The van der Waals surface area contributed by atoms with Crippen LogP contribution in [0.3, 0.4) is 0 Å². The van der Waals surface area contributed by atoms with Crippen molar-refractivity contribution in [3.8, 4) is 0 Å². The van der Waals surface area contributed by atoms with Crippen LogP contribution >= 0.6 is 0 Å². The van der Waals surface area contributed by atoms with Crippen molar-refractivity contribution in [3.63, 3.8) is 0 Å². The molecule has 0 aliphatic heterocycles. The summed E-state index contributed by atoms with van der Waals surface area (Å²) in [6.07, 6.45) is -0.312. The van der Waals surface area contributed by atoms with Crippen molar-refractivity contribution in [2.24, 2.45) is 0 Å². The first-order valence-electron chi connectivity index (χ1n) is 10.6. The molecule has 0 atom stereocenters. The number of nitrogen functional groups attached to an aromatic ring is 1. The maximum absolute atomic E-state index is 12.0. The second-order valence-electron chi connectivity index (χ2n) is 8.37. The summed E-state index contributed by atoms with van der Waals surface area (Å²) < 4.78 is 28.0. The molecule has 2 aromatic rings. The largest absolute Gasteiger partial charge is 0.508 e. The fourth-order valence-corrected chi connectivity index (χ4v) is 3.09. The van der Waals surface area contributed by atoms with Crippen LogP contribution < -0.4 is 11.3 Å². The molecule has 0 amide bonds. The van der Waals surface area contributed by atoms with Gasteiger partial charge in [0.1, 0.15) is 19.3 Å². The number of aromatic nitrogens is 4. The molecule has 1 aliphatic rings. The van der Waals surface area contributed by atoms with E-state index in [-0.39, 0.29) is 36.9 Å². The van der Waals surface area contributed by atoms with Crippen LogP contribution in [-0.4, -0.2) is 69.0 Å². The van der Waals surface area contributed by atoms with Gasteiger partial charge in [0.05, 0.1) is 30.7 Å². The minimum atomic E-state index is -0.854. The van der Waals surface area contributed by atoms with E-state index >= 15 is 0 Å². The van der Waals surface area contributed by atoms with Crippen LogP contribution in [0.25, 0.3) is 11.2 Å². The SMILES string of the molecule is CC(C)OC(=O)OCC(COC(=O)OC(C)C)OC1(Cn2cnc3c(=O)[nH]c(N)nc32)CC1. The number of fused-ring (bicyclic) bond motifs is 1. The van der Waals surface area contributed by atoms with Gasteiger partial charge >= 0.3 is 12.3 Å². The molecule has 3 N–H and O–H groups in total. The number of nitrogens with zero attached hydrogens (tertiary/aromatic N) is 3. The first kappa shape index (κ1) is 24.3. The van der Waals surface area contributed by atoms with Crippen LogP contribution in [0.4, 0.5) is 15.5 Å². The van der Waals surface area contributed by atoms with E-state index < -0.39 is 29.6 Å². The van der Waals surface area contributed by atoms with Gasteiger partial charge in [0.2, 0.25) is 5.95 Å². The third-order valence-electron chi connectivity index (χ3n) is 4.61. The lowest BCUT2D eigenvalue weighted by Gasteiger charge is -2.25. The van der Waals surface area contributed by atoms with Gasteiger partial charge in [-0.3, -0.25) is 9.78 Å². The first-order valence-corrected chi connectivity index (χ1v) is 10.6. The number of H-pyrrole nitrogens is 1. The quantitative estimate of drug-likeness (QED) is 0.488. The van der Waals surface area contributed by atoms with Crippen LogP contribution in [-0.2, 0) is 30.2 Å². The molecule has 0 saturated heterocycles. The summed E-state index contributed by atoms with van der Waals surface area (Å²) in [6.45, 7) is 6.71. The van der Waals surface area contributed by atoms with Crippen molar-refractivity contribution in [1.82, 2.24) is 19.5 Å². The highest BCUT2D eigenvalue weighted by Gasteiger charge is 2.47. The zero-order valence-corrected chi connectivity index (χ0v) is 19.0. The van der Waals surface area contributed by atoms with Gasteiger partial charge in [0, 0.05) is 0 Å². The van der Waals surface area contributed by atoms with Gasteiger partial charge in [-0.15, -0.1) is 0 Å². The molecule has 13 nitrogen and oxygen atoms in total. The molecule has 2 aromatic heterocycles. The van der Waals surface area contributed by atoms with Gasteiger partial charge in [-0.1, -0.05) is 0 Å². The number of hydrogen-bond donors (Lipinski definition) is 2. The second-order valence-corrected chi connectivity index (χ2v) is 8.37. The molecule has 1 saturated carbocycles. The Morgan fingerprint density at radius 3 is 2.21 bits per heavy atom. The lowest BCUT2D eigenvalue weighted by molar-refractivity contribution is -0.0991. The molecule has 182 valence electrons. The summed E-state index contributed by atoms with van der Waals surface area (Å²) >= 11 is 0. The Balaban J connectivity index is 1.69. The summed E-state index contributed by atoms with van der Waals surface area (Å²) in [4.78, 5) is 46.3. The van der Waals surface area contributed by atoms with Crippen molar-refractivity contribution in [2.45, 2.75) is 71.0 Å². The molecule has 0 unspecified atom stereocenters. The minimum absolute atomic E-state index is 0.0213. The molecular formula is C20H29N5O8.